The number of benzene rings is 1. The number of nitrogens with two attached hydrogens (primary N) is 2. The second-order valence-corrected chi connectivity index (χ2v) is 8.22. The Kier molecular flexibility index (Phi) is 13.7. The SMILES string of the molecule is NCCCCC(NC(=O)C(CO)NC(=O)C(Cc1ccccc1)NC(=O)C(N)CCC(=O)O)C(=O)O. The van der Waals surface area contributed by atoms with Crippen molar-refractivity contribution in [2.24, 2.45) is 11.5 Å². The van der Waals surface area contributed by atoms with Gasteiger partial charge in [0, 0.05) is 12.8 Å². The smallest absolute Gasteiger partial charge is 0.326 e. The summed E-state index contributed by atoms with van der Waals surface area (Å²) in [6.45, 7) is -0.457. The molecule has 200 valence electrons. The summed E-state index contributed by atoms with van der Waals surface area (Å²) in [7, 11) is 0. The molecule has 4 unspecified atom stereocenters. The molecule has 0 heterocycles. The number of nitrogens with one attached hydrogen (secondary N) is 3. The van der Waals surface area contributed by atoms with E-state index in [2.05, 4.69) is 16.0 Å². The molecular weight excluding hydrogens is 474 g/mol. The average molecular weight is 510 g/mol. The van der Waals surface area contributed by atoms with E-state index in [4.69, 9.17) is 16.6 Å². The van der Waals surface area contributed by atoms with E-state index in [0.717, 1.165) is 0 Å². The van der Waals surface area contributed by atoms with Gasteiger partial charge in [-0.2, -0.15) is 0 Å². The number of carboxylic acids is 2. The van der Waals surface area contributed by atoms with Crippen molar-refractivity contribution in [3.05, 3.63) is 35.9 Å². The largest absolute Gasteiger partial charge is 0.481 e. The van der Waals surface area contributed by atoms with E-state index in [0.29, 0.717) is 24.9 Å². The van der Waals surface area contributed by atoms with Crippen LogP contribution in [0, 0.1) is 0 Å². The van der Waals surface area contributed by atoms with Crippen LogP contribution in [0.25, 0.3) is 0 Å². The third-order valence-corrected chi connectivity index (χ3v) is 5.30. The Labute approximate surface area is 208 Å². The summed E-state index contributed by atoms with van der Waals surface area (Å²) in [6, 6.07) is 3.53. The highest BCUT2D eigenvalue weighted by Gasteiger charge is 2.30. The highest BCUT2D eigenvalue weighted by Crippen LogP contribution is 2.06. The number of carboxylic acid groups (broad SMARTS) is 2. The molecule has 1 aromatic rings. The molecule has 13 nitrogen and oxygen atoms in total. The minimum absolute atomic E-state index is 0.0146. The number of aliphatic carboxylic acids is 2. The highest BCUT2D eigenvalue weighted by molar-refractivity contribution is 5.94. The van der Waals surface area contributed by atoms with Crippen LogP contribution in [0.2, 0.25) is 0 Å². The Morgan fingerprint density at radius 2 is 1.39 bits per heavy atom. The molecule has 0 aliphatic carbocycles. The molecule has 36 heavy (non-hydrogen) atoms. The van der Waals surface area contributed by atoms with E-state index in [9.17, 15) is 34.2 Å². The van der Waals surface area contributed by atoms with Gasteiger partial charge in [0.1, 0.15) is 18.1 Å². The van der Waals surface area contributed by atoms with Gasteiger partial charge in [-0.25, -0.2) is 4.79 Å². The third-order valence-electron chi connectivity index (χ3n) is 5.30. The molecule has 1 rings (SSSR count). The molecule has 0 aromatic heterocycles. The number of rotatable bonds is 17. The summed E-state index contributed by atoms with van der Waals surface area (Å²) in [5, 5.41) is 34.9. The Morgan fingerprint density at radius 1 is 0.806 bits per heavy atom. The van der Waals surface area contributed by atoms with Crippen molar-refractivity contribution in [3.63, 3.8) is 0 Å². The van der Waals surface area contributed by atoms with Crippen molar-refractivity contribution < 1.29 is 39.3 Å². The number of amides is 3. The monoisotopic (exact) mass is 509 g/mol. The van der Waals surface area contributed by atoms with Gasteiger partial charge in [0.05, 0.1) is 12.6 Å². The van der Waals surface area contributed by atoms with E-state index in [-0.39, 0.29) is 25.7 Å². The standard InChI is InChI=1S/C23H35N5O8/c24-11-5-4-8-16(23(35)36)26-22(34)18(13-29)28-21(33)17(12-14-6-2-1-3-7-14)27-20(32)15(25)9-10-19(30)31/h1-3,6-7,15-18,29H,4-5,8-13,24-25H2,(H,26,34)(H,27,32)(H,28,33)(H,30,31)(H,35,36). The fraction of sp³-hybridized carbons (Fsp3) is 0.522. The fourth-order valence-electron chi connectivity index (χ4n) is 3.24. The second kappa shape index (κ2) is 16.2. The van der Waals surface area contributed by atoms with Crippen LogP contribution in [0.15, 0.2) is 30.3 Å². The average Bonchev–Trinajstić information content (AvgIpc) is 2.84. The maximum absolute atomic E-state index is 13.0. The molecule has 0 aliphatic rings. The molecule has 10 N–H and O–H groups in total. The number of hydrogen-bond donors (Lipinski definition) is 8. The van der Waals surface area contributed by atoms with Crippen molar-refractivity contribution in [2.45, 2.75) is 62.7 Å². The van der Waals surface area contributed by atoms with Crippen LogP contribution in [-0.4, -0.2) is 82.3 Å². The quantitative estimate of drug-likeness (QED) is 0.108. The first-order valence-electron chi connectivity index (χ1n) is 11.5. The number of hydrogen-bond acceptors (Lipinski definition) is 8. The fourth-order valence-corrected chi connectivity index (χ4v) is 3.24. The highest BCUT2D eigenvalue weighted by atomic mass is 16.4. The van der Waals surface area contributed by atoms with E-state index in [1.165, 1.54) is 0 Å². The topological polar surface area (TPSA) is 234 Å². The summed E-state index contributed by atoms with van der Waals surface area (Å²) in [5.74, 6) is -4.89. The van der Waals surface area contributed by atoms with E-state index < -0.39 is 60.4 Å². The van der Waals surface area contributed by atoms with E-state index in [1.807, 2.05) is 0 Å². The summed E-state index contributed by atoms with van der Waals surface area (Å²) in [4.78, 5) is 60.3. The Bertz CT molecular complexity index is 883. The van der Waals surface area contributed by atoms with E-state index >= 15 is 0 Å². The van der Waals surface area contributed by atoms with Crippen molar-refractivity contribution in [1.82, 2.24) is 16.0 Å². The molecule has 0 radical (unpaired) electrons. The molecule has 0 aliphatic heterocycles. The van der Waals surface area contributed by atoms with Crippen molar-refractivity contribution in [1.29, 1.82) is 0 Å². The lowest BCUT2D eigenvalue weighted by atomic mass is 10.0. The number of carbonyl (C=O) groups is 5. The zero-order valence-corrected chi connectivity index (χ0v) is 19.9. The zero-order valence-electron chi connectivity index (χ0n) is 19.9. The maximum Gasteiger partial charge on any atom is 0.326 e. The number of unbranched alkanes of at least 4 members (excludes halogenated alkanes) is 1. The van der Waals surface area contributed by atoms with Crippen LogP contribution in [0.3, 0.4) is 0 Å². The first kappa shape index (κ1) is 30.5. The van der Waals surface area contributed by atoms with Crippen molar-refractivity contribution in [2.75, 3.05) is 13.2 Å². The second-order valence-electron chi connectivity index (χ2n) is 8.22. The Morgan fingerprint density at radius 3 is 1.94 bits per heavy atom. The van der Waals surface area contributed by atoms with Gasteiger partial charge >= 0.3 is 11.9 Å². The van der Waals surface area contributed by atoms with Crippen LogP contribution in [0.4, 0.5) is 0 Å². The van der Waals surface area contributed by atoms with Gasteiger partial charge in [0.15, 0.2) is 0 Å². The lowest BCUT2D eigenvalue weighted by molar-refractivity contribution is -0.143. The molecule has 1 aromatic carbocycles. The lowest BCUT2D eigenvalue weighted by Crippen LogP contribution is -2.58. The molecule has 0 spiro atoms. The molecule has 0 saturated heterocycles. The summed E-state index contributed by atoms with van der Waals surface area (Å²) in [6.07, 6.45) is 0.661. The molecule has 4 atom stereocenters. The van der Waals surface area contributed by atoms with Crippen LogP contribution in [-0.2, 0) is 30.4 Å². The molecule has 0 saturated carbocycles. The van der Waals surface area contributed by atoms with Crippen LogP contribution >= 0.6 is 0 Å². The van der Waals surface area contributed by atoms with Gasteiger partial charge in [-0.15, -0.1) is 0 Å². The molecule has 0 bridgehead atoms. The van der Waals surface area contributed by atoms with Crippen LogP contribution in [0.1, 0.15) is 37.7 Å². The first-order valence-corrected chi connectivity index (χ1v) is 11.5. The van der Waals surface area contributed by atoms with Crippen molar-refractivity contribution in [3.8, 4) is 0 Å². The van der Waals surface area contributed by atoms with Crippen molar-refractivity contribution >= 4 is 29.7 Å². The van der Waals surface area contributed by atoms with Crippen LogP contribution < -0.4 is 27.4 Å². The normalized spacial score (nSPS) is 14.1. The van der Waals surface area contributed by atoms with Gasteiger partial charge in [-0.05, 0) is 37.8 Å². The molecule has 0 fully saturated rings. The minimum Gasteiger partial charge on any atom is -0.481 e. The zero-order chi connectivity index (χ0) is 27.1. The first-order chi connectivity index (χ1) is 17.1. The molecular formula is C23H35N5O8. The Balaban J connectivity index is 2.93. The number of aliphatic hydroxyl groups excluding tert-OH is 1. The van der Waals surface area contributed by atoms with Gasteiger partial charge < -0.3 is 42.7 Å². The van der Waals surface area contributed by atoms with Gasteiger partial charge in [0.25, 0.3) is 0 Å². The number of aliphatic hydroxyl groups is 1. The summed E-state index contributed by atoms with van der Waals surface area (Å²) >= 11 is 0. The minimum atomic E-state index is -1.48. The molecule has 3 amide bonds. The van der Waals surface area contributed by atoms with Crippen LogP contribution in [0.5, 0.6) is 0 Å². The van der Waals surface area contributed by atoms with Gasteiger partial charge in [-0.1, -0.05) is 30.3 Å². The predicted octanol–water partition coefficient (Wildman–Crippen LogP) is -1.92. The van der Waals surface area contributed by atoms with Gasteiger partial charge in [0.2, 0.25) is 17.7 Å². The third kappa shape index (κ3) is 11.3. The molecule has 13 heteroatoms. The van der Waals surface area contributed by atoms with E-state index in [1.54, 1.807) is 30.3 Å². The lowest BCUT2D eigenvalue weighted by Gasteiger charge is -2.24. The maximum atomic E-state index is 13.0. The number of carbonyl (C=O) groups excluding carboxylic acids is 3. The summed E-state index contributed by atoms with van der Waals surface area (Å²) in [5.41, 5.74) is 11.8. The van der Waals surface area contributed by atoms with Gasteiger partial charge in [-0.3, -0.25) is 19.2 Å². The Hall–Kier alpha value is -3.55. The summed E-state index contributed by atoms with van der Waals surface area (Å²) < 4.78 is 0. The predicted molar refractivity (Wildman–Crippen MR) is 128 cm³/mol.